The fourth-order valence-electron chi connectivity index (χ4n) is 2.07. The molecule has 0 saturated carbocycles. The van der Waals surface area contributed by atoms with E-state index in [4.69, 9.17) is 0 Å². The summed E-state index contributed by atoms with van der Waals surface area (Å²) in [7, 11) is 0. The van der Waals surface area contributed by atoms with Gasteiger partial charge in [-0.05, 0) is 26.8 Å². The Kier molecular flexibility index (Phi) is 3.38. The monoisotopic (exact) mass is 225 g/mol. The Morgan fingerprint density at radius 3 is 3.00 bits per heavy atom. The molecule has 1 aromatic heterocycles. The van der Waals surface area contributed by atoms with E-state index in [0.717, 1.165) is 19.6 Å². The zero-order valence-electron chi connectivity index (χ0n) is 9.49. The molecular weight excluding hydrogens is 206 g/mol. The SMILES string of the molecule is CC(C)(c1nccs1)N1CCCNCC1. The molecule has 0 atom stereocenters. The molecule has 0 bridgehead atoms. The van der Waals surface area contributed by atoms with Crippen LogP contribution >= 0.6 is 11.3 Å². The van der Waals surface area contributed by atoms with Crippen molar-refractivity contribution in [1.29, 1.82) is 0 Å². The van der Waals surface area contributed by atoms with Crippen LogP contribution in [0.25, 0.3) is 0 Å². The van der Waals surface area contributed by atoms with Gasteiger partial charge in [0.15, 0.2) is 0 Å². The van der Waals surface area contributed by atoms with Crippen LogP contribution in [0.3, 0.4) is 0 Å². The molecule has 4 heteroatoms. The van der Waals surface area contributed by atoms with Crippen LogP contribution in [-0.4, -0.2) is 36.1 Å². The fourth-order valence-corrected chi connectivity index (χ4v) is 2.86. The molecule has 84 valence electrons. The van der Waals surface area contributed by atoms with Crippen LogP contribution in [0.4, 0.5) is 0 Å². The zero-order chi connectivity index (χ0) is 10.7. The number of aromatic nitrogens is 1. The highest BCUT2D eigenvalue weighted by Crippen LogP contribution is 2.29. The third kappa shape index (κ3) is 2.38. The predicted molar refractivity (Wildman–Crippen MR) is 64.2 cm³/mol. The third-order valence-corrected chi connectivity index (χ3v) is 4.17. The Balaban J connectivity index is 2.13. The molecule has 3 nitrogen and oxygen atoms in total. The first-order valence-corrected chi connectivity index (χ1v) is 6.45. The largest absolute Gasteiger partial charge is 0.315 e. The van der Waals surface area contributed by atoms with E-state index in [0.29, 0.717) is 0 Å². The summed E-state index contributed by atoms with van der Waals surface area (Å²) < 4.78 is 0. The molecule has 2 rings (SSSR count). The molecular formula is C11H19N3S. The molecule has 0 aromatic carbocycles. The van der Waals surface area contributed by atoms with Crippen LogP contribution in [0.15, 0.2) is 11.6 Å². The fraction of sp³-hybridized carbons (Fsp3) is 0.727. The lowest BCUT2D eigenvalue weighted by atomic mass is 10.0. The summed E-state index contributed by atoms with van der Waals surface area (Å²) in [6.45, 7) is 9.07. The molecule has 1 fully saturated rings. The summed E-state index contributed by atoms with van der Waals surface area (Å²) in [6.07, 6.45) is 3.13. The highest BCUT2D eigenvalue weighted by atomic mass is 32.1. The Morgan fingerprint density at radius 1 is 1.40 bits per heavy atom. The van der Waals surface area contributed by atoms with Crippen LogP contribution in [0.2, 0.25) is 0 Å². The van der Waals surface area contributed by atoms with Crippen molar-refractivity contribution in [3.05, 3.63) is 16.6 Å². The lowest BCUT2D eigenvalue weighted by Gasteiger charge is -2.36. The Bertz CT molecular complexity index is 287. The minimum atomic E-state index is 0.0835. The summed E-state index contributed by atoms with van der Waals surface area (Å²) in [5, 5.41) is 6.72. The quantitative estimate of drug-likeness (QED) is 0.830. The summed E-state index contributed by atoms with van der Waals surface area (Å²) in [4.78, 5) is 6.98. The summed E-state index contributed by atoms with van der Waals surface area (Å²) in [5.41, 5.74) is 0.0835. The van der Waals surface area contributed by atoms with Crippen LogP contribution in [0, 0.1) is 0 Å². The van der Waals surface area contributed by atoms with Gasteiger partial charge in [0.25, 0.3) is 0 Å². The minimum absolute atomic E-state index is 0.0835. The van der Waals surface area contributed by atoms with Crippen molar-refractivity contribution in [3.63, 3.8) is 0 Å². The molecule has 0 spiro atoms. The Morgan fingerprint density at radius 2 is 2.27 bits per heavy atom. The highest BCUT2D eigenvalue weighted by Gasteiger charge is 2.30. The minimum Gasteiger partial charge on any atom is -0.315 e. The lowest BCUT2D eigenvalue weighted by Crippen LogP contribution is -2.43. The van der Waals surface area contributed by atoms with Gasteiger partial charge in [-0.3, -0.25) is 4.90 Å². The van der Waals surface area contributed by atoms with E-state index in [1.807, 2.05) is 6.20 Å². The predicted octanol–water partition coefficient (Wildman–Crippen LogP) is 1.67. The first-order chi connectivity index (χ1) is 7.21. The van der Waals surface area contributed by atoms with Gasteiger partial charge in [-0.15, -0.1) is 11.3 Å². The van der Waals surface area contributed by atoms with Crippen molar-refractivity contribution in [1.82, 2.24) is 15.2 Å². The van der Waals surface area contributed by atoms with Crippen molar-refractivity contribution in [2.24, 2.45) is 0 Å². The molecule has 1 aromatic rings. The van der Waals surface area contributed by atoms with Gasteiger partial charge < -0.3 is 5.32 Å². The summed E-state index contributed by atoms with van der Waals surface area (Å²) in [5.74, 6) is 0. The van der Waals surface area contributed by atoms with E-state index in [-0.39, 0.29) is 5.54 Å². The van der Waals surface area contributed by atoms with Crippen molar-refractivity contribution in [3.8, 4) is 0 Å². The van der Waals surface area contributed by atoms with E-state index in [9.17, 15) is 0 Å². The highest BCUT2D eigenvalue weighted by molar-refractivity contribution is 7.09. The van der Waals surface area contributed by atoms with Gasteiger partial charge in [0, 0.05) is 31.2 Å². The number of rotatable bonds is 2. The van der Waals surface area contributed by atoms with Crippen molar-refractivity contribution in [2.45, 2.75) is 25.8 Å². The van der Waals surface area contributed by atoms with Crippen LogP contribution in [0.1, 0.15) is 25.3 Å². The van der Waals surface area contributed by atoms with E-state index in [2.05, 4.69) is 34.4 Å². The standard InChI is InChI=1S/C11H19N3S/c1-11(2,10-13-6-9-15-10)14-7-3-4-12-5-8-14/h6,9,12H,3-5,7-8H2,1-2H3. The molecule has 1 aliphatic heterocycles. The molecule has 0 amide bonds. The van der Waals surface area contributed by atoms with Gasteiger partial charge in [0.05, 0.1) is 5.54 Å². The van der Waals surface area contributed by atoms with Gasteiger partial charge in [-0.2, -0.15) is 0 Å². The number of nitrogens with zero attached hydrogens (tertiary/aromatic N) is 2. The molecule has 1 N–H and O–H groups in total. The van der Waals surface area contributed by atoms with Crippen molar-refractivity contribution in [2.75, 3.05) is 26.2 Å². The molecule has 0 radical (unpaired) electrons. The average Bonchev–Trinajstić information content (AvgIpc) is 2.61. The molecule has 15 heavy (non-hydrogen) atoms. The van der Waals surface area contributed by atoms with Crippen LogP contribution < -0.4 is 5.32 Å². The molecule has 0 unspecified atom stereocenters. The van der Waals surface area contributed by atoms with E-state index in [1.165, 1.54) is 18.0 Å². The topological polar surface area (TPSA) is 28.2 Å². The maximum atomic E-state index is 4.45. The van der Waals surface area contributed by atoms with Crippen LogP contribution in [0.5, 0.6) is 0 Å². The molecule has 1 saturated heterocycles. The van der Waals surface area contributed by atoms with Crippen LogP contribution in [-0.2, 0) is 5.54 Å². The van der Waals surface area contributed by atoms with Gasteiger partial charge >= 0.3 is 0 Å². The van der Waals surface area contributed by atoms with Crippen molar-refractivity contribution >= 4 is 11.3 Å². The molecule has 2 heterocycles. The molecule has 0 aliphatic carbocycles. The van der Waals surface area contributed by atoms with Gasteiger partial charge in [0.2, 0.25) is 0 Å². The molecule has 1 aliphatic rings. The first kappa shape index (κ1) is 11.0. The smallest absolute Gasteiger partial charge is 0.112 e. The zero-order valence-corrected chi connectivity index (χ0v) is 10.3. The number of nitrogens with one attached hydrogen (secondary N) is 1. The second-order valence-electron chi connectivity index (χ2n) is 4.49. The average molecular weight is 225 g/mol. The van der Waals surface area contributed by atoms with Crippen molar-refractivity contribution < 1.29 is 0 Å². The Labute approximate surface area is 95.5 Å². The van der Waals surface area contributed by atoms with E-state index in [1.54, 1.807) is 11.3 Å². The maximum absolute atomic E-state index is 4.45. The maximum Gasteiger partial charge on any atom is 0.112 e. The first-order valence-electron chi connectivity index (χ1n) is 5.57. The van der Waals surface area contributed by atoms with E-state index >= 15 is 0 Å². The summed E-state index contributed by atoms with van der Waals surface area (Å²) >= 11 is 1.76. The third-order valence-electron chi connectivity index (χ3n) is 3.09. The number of thiazole rings is 1. The second-order valence-corrected chi connectivity index (χ2v) is 5.38. The number of hydrogen-bond acceptors (Lipinski definition) is 4. The van der Waals surface area contributed by atoms with Gasteiger partial charge in [0.1, 0.15) is 5.01 Å². The second kappa shape index (κ2) is 4.60. The van der Waals surface area contributed by atoms with Gasteiger partial charge in [-0.1, -0.05) is 0 Å². The number of hydrogen-bond donors (Lipinski definition) is 1. The van der Waals surface area contributed by atoms with E-state index < -0.39 is 0 Å². The summed E-state index contributed by atoms with van der Waals surface area (Å²) in [6, 6.07) is 0. The lowest BCUT2D eigenvalue weighted by molar-refractivity contribution is 0.128. The Hall–Kier alpha value is -0.450. The normalized spacial score (nSPS) is 20.1. The van der Waals surface area contributed by atoms with Gasteiger partial charge in [-0.25, -0.2) is 4.98 Å².